The first-order valence-corrected chi connectivity index (χ1v) is 33.4. The van der Waals surface area contributed by atoms with E-state index in [1.165, 1.54) is 90.6 Å². The van der Waals surface area contributed by atoms with Gasteiger partial charge in [-0.05, 0) is 21.7 Å². The average Bonchev–Trinajstić information content (AvgIpc) is 3.66. The van der Waals surface area contributed by atoms with Gasteiger partial charge in [-0.15, -0.1) is 25.7 Å². The molecule has 4 aliphatic rings. The van der Waals surface area contributed by atoms with Gasteiger partial charge in [0.1, 0.15) is 0 Å². The summed E-state index contributed by atoms with van der Waals surface area (Å²) in [6.45, 7) is 44.7. The Morgan fingerprint density at radius 2 is 0.520 bits per heavy atom. The number of hydrogen-bond donors (Lipinski definition) is 0. The molecule has 280 valence electrons. The van der Waals surface area contributed by atoms with Crippen LogP contribution in [0.25, 0.3) is 0 Å². The molecule has 0 atom stereocenters. The third-order valence-electron chi connectivity index (χ3n) is 7.65. The Morgan fingerprint density at radius 3 is 0.560 bits per heavy atom. The van der Waals surface area contributed by atoms with Crippen LogP contribution in [0.4, 0.5) is 0 Å². The molecular formula is C44H72Cl2Hf2Si2-2. The van der Waals surface area contributed by atoms with Crippen LogP contribution < -0.4 is 24.8 Å². The Balaban J connectivity index is -0.000000260. The smallest absolute Gasteiger partial charge is 1.00 e. The van der Waals surface area contributed by atoms with E-state index >= 15 is 0 Å². The minimum atomic E-state index is 0. The zero-order chi connectivity index (χ0) is 38.3. The fraction of sp³-hybridized carbons (Fsp3) is 0.636. The number of rotatable bonds is 0. The van der Waals surface area contributed by atoms with E-state index in [0.717, 1.165) is 25.7 Å². The molecule has 0 amide bonds. The van der Waals surface area contributed by atoms with Gasteiger partial charge in [-0.3, -0.25) is 24.3 Å². The van der Waals surface area contributed by atoms with Gasteiger partial charge in [0, 0.05) is 0 Å². The molecule has 0 saturated heterocycles. The van der Waals surface area contributed by atoms with Crippen LogP contribution in [0.15, 0.2) is 68.9 Å². The Labute approximate surface area is 355 Å². The van der Waals surface area contributed by atoms with Crippen molar-refractivity contribution in [3.05, 3.63) is 93.2 Å². The first-order valence-electron chi connectivity index (χ1n) is 17.6. The molecular weight excluding hydrogens is 1010 g/mol. The van der Waals surface area contributed by atoms with Gasteiger partial charge < -0.3 is 24.8 Å². The summed E-state index contributed by atoms with van der Waals surface area (Å²) >= 11 is 2.90. The molecule has 0 saturated carbocycles. The molecule has 0 aromatic carbocycles. The summed E-state index contributed by atoms with van der Waals surface area (Å²) in [6.07, 6.45) is 26.3. The number of halogens is 2. The molecule has 4 rings (SSSR count). The molecule has 0 fully saturated rings. The van der Waals surface area contributed by atoms with Crippen molar-refractivity contribution in [1.29, 1.82) is 0 Å². The predicted octanol–water partition coefficient (Wildman–Crippen LogP) is 8.02. The predicted molar refractivity (Wildman–Crippen MR) is 213 cm³/mol. The van der Waals surface area contributed by atoms with Gasteiger partial charge in [0.25, 0.3) is 0 Å². The standard InChI is InChI=1S/4C10H15.2C2H6Si.2ClH.2Hf/c4*1-8-5-6-9(7-8)10(2,3)4;2*1-3-2;;;;/h4*7H,6H2,1-4H3;2*1-2H3;2*1H;;/q4*-1;;;;;2*+2/p-2. The van der Waals surface area contributed by atoms with Crippen molar-refractivity contribution in [3.63, 3.8) is 0 Å². The van der Waals surface area contributed by atoms with Crippen molar-refractivity contribution in [2.24, 2.45) is 21.7 Å². The molecule has 0 spiro atoms. The van der Waals surface area contributed by atoms with Gasteiger partial charge in [-0.25, -0.2) is 46.6 Å². The van der Waals surface area contributed by atoms with E-state index in [1.54, 1.807) is 0 Å². The van der Waals surface area contributed by atoms with E-state index in [1.807, 2.05) is 0 Å². The third-order valence-corrected chi connectivity index (χ3v) is 7.65. The monoisotopic (exact) mass is 1090 g/mol. The average molecular weight is 1090 g/mol. The topological polar surface area (TPSA) is 0 Å². The summed E-state index contributed by atoms with van der Waals surface area (Å²) in [7, 11) is 0. The van der Waals surface area contributed by atoms with E-state index < -0.39 is 0 Å². The van der Waals surface area contributed by atoms with Gasteiger partial charge in [0.2, 0.25) is 0 Å². The number of allylic oxidation sites excluding steroid dienone is 16. The zero-order valence-electron chi connectivity index (χ0n) is 35.9. The Kier molecular flexibility index (Phi) is 30.4. The Morgan fingerprint density at radius 1 is 0.400 bits per heavy atom. The van der Waals surface area contributed by atoms with Crippen LogP contribution in [0.3, 0.4) is 0 Å². The summed E-state index contributed by atoms with van der Waals surface area (Å²) in [5.74, 6) is 0. The molecule has 0 aliphatic heterocycles. The van der Waals surface area contributed by atoms with E-state index in [-0.39, 0.29) is 35.8 Å². The molecule has 0 bridgehead atoms. The fourth-order valence-corrected chi connectivity index (χ4v) is 4.32. The van der Waals surface area contributed by atoms with Gasteiger partial charge in [0.05, 0.1) is 0 Å². The van der Waals surface area contributed by atoms with Crippen molar-refractivity contribution in [2.75, 3.05) is 0 Å². The third kappa shape index (κ3) is 30.1. The van der Waals surface area contributed by atoms with Gasteiger partial charge in [-0.1, -0.05) is 111 Å². The molecule has 0 unspecified atom stereocenters. The molecule has 50 heavy (non-hydrogen) atoms. The summed E-state index contributed by atoms with van der Waals surface area (Å²) < 4.78 is 0. The van der Waals surface area contributed by atoms with Gasteiger partial charge in [0.15, 0.2) is 0 Å². The summed E-state index contributed by atoms with van der Waals surface area (Å²) in [5.41, 5.74) is 13.1. The second-order valence-electron chi connectivity index (χ2n) is 17.8. The second kappa shape index (κ2) is 26.5. The Hall–Kier alpha value is 0.674. The maximum absolute atomic E-state index is 3.30. The SMILES string of the molecule is CC1=[C-]CC(C(C)(C)C)=C1.CC1=[C-]CC(C(C)(C)C)=C1.CC1=[C-]CC(C(C)(C)C)=C1.CC1=[C-]CC(C(C)(C)C)=C1.C[Si](C)=[Hf+2].C[Si](C)=[Hf+2].[Cl-].[Cl-]. The van der Waals surface area contributed by atoms with Crippen molar-refractivity contribution in [3.8, 4) is 0 Å². The first kappa shape index (κ1) is 57.4. The maximum Gasteiger partial charge on any atom is -1.00 e. The van der Waals surface area contributed by atoms with E-state index in [2.05, 4.69) is 186 Å². The van der Waals surface area contributed by atoms with Crippen LogP contribution in [0.1, 0.15) is 136 Å². The Bertz CT molecular complexity index is 1130. The van der Waals surface area contributed by atoms with Crippen LogP contribution in [-0.2, 0) is 46.0 Å². The van der Waals surface area contributed by atoms with Crippen molar-refractivity contribution in [1.82, 2.24) is 0 Å². The minimum absolute atomic E-state index is 0. The minimum Gasteiger partial charge on any atom is -1.00 e. The van der Waals surface area contributed by atoms with Crippen LogP contribution in [0.5, 0.6) is 0 Å². The molecule has 0 aromatic heterocycles. The van der Waals surface area contributed by atoms with Gasteiger partial charge in [-0.2, -0.15) is 22.3 Å². The summed E-state index contributed by atoms with van der Waals surface area (Å²) in [6, 6.07) is 0. The largest absolute Gasteiger partial charge is 1.00 e. The molecule has 4 aliphatic carbocycles. The van der Waals surface area contributed by atoms with Crippen LogP contribution >= 0.6 is 0 Å². The van der Waals surface area contributed by atoms with E-state index in [9.17, 15) is 0 Å². The van der Waals surface area contributed by atoms with Gasteiger partial charge >= 0.3 is 83.2 Å². The first-order chi connectivity index (χ1) is 21.5. The zero-order valence-corrected chi connectivity index (χ0v) is 46.6. The molecule has 0 N–H and O–H groups in total. The van der Waals surface area contributed by atoms with Crippen molar-refractivity contribution in [2.45, 2.75) is 163 Å². The van der Waals surface area contributed by atoms with E-state index in [0.29, 0.717) is 21.7 Å². The van der Waals surface area contributed by atoms with E-state index in [4.69, 9.17) is 0 Å². The maximum atomic E-state index is 3.30. The fourth-order valence-electron chi connectivity index (χ4n) is 4.32. The number of hydrogen-bond acceptors (Lipinski definition) is 0. The van der Waals surface area contributed by atoms with Crippen LogP contribution in [0.2, 0.25) is 26.2 Å². The normalized spacial score (nSPS) is 16.2. The molecule has 0 nitrogen and oxygen atoms in total. The summed E-state index contributed by atoms with van der Waals surface area (Å²) in [5, 5.41) is 0. The molecule has 6 heteroatoms. The van der Waals surface area contributed by atoms with Crippen LogP contribution in [-0.4, -0.2) is 11.0 Å². The molecule has 0 radical (unpaired) electrons. The van der Waals surface area contributed by atoms with Crippen LogP contribution in [0, 0.1) is 46.0 Å². The quantitative estimate of drug-likeness (QED) is 0.171. The van der Waals surface area contributed by atoms with Crippen molar-refractivity contribution >= 4 is 11.0 Å². The second-order valence-corrected chi connectivity index (χ2v) is 43.4. The molecule has 0 heterocycles. The van der Waals surface area contributed by atoms with Crippen molar-refractivity contribution < 1.29 is 70.8 Å². The summed E-state index contributed by atoms with van der Waals surface area (Å²) in [4.78, 5) is 0. The molecule has 0 aromatic rings.